The van der Waals surface area contributed by atoms with Crippen molar-refractivity contribution < 1.29 is 13.5 Å². The van der Waals surface area contributed by atoms with E-state index in [-0.39, 0.29) is 18.2 Å². The maximum atomic E-state index is 13.8. The first kappa shape index (κ1) is 21.2. The predicted octanol–water partition coefficient (Wildman–Crippen LogP) is 3.01. The van der Waals surface area contributed by atoms with Crippen LogP contribution in [-0.2, 0) is 11.3 Å². The van der Waals surface area contributed by atoms with Crippen molar-refractivity contribution in [1.29, 1.82) is 0 Å². The summed E-state index contributed by atoms with van der Waals surface area (Å²) in [4.78, 5) is 6.60. The molecule has 1 fully saturated rings. The molecule has 1 unspecified atom stereocenters. The summed E-state index contributed by atoms with van der Waals surface area (Å²) in [7, 11) is 1.66. The molecule has 29 heavy (non-hydrogen) atoms. The van der Waals surface area contributed by atoms with Gasteiger partial charge in [-0.2, -0.15) is 0 Å². The molecule has 0 radical (unpaired) electrons. The molecule has 1 aliphatic heterocycles. The Morgan fingerprint density at radius 2 is 1.83 bits per heavy atom. The van der Waals surface area contributed by atoms with Gasteiger partial charge in [0.25, 0.3) is 0 Å². The van der Waals surface area contributed by atoms with Crippen LogP contribution in [0.4, 0.5) is 8.78 Å². The largest absolute Gasteiger partial charge is 0.379 e. The van der Waals surface area contributed by atoms with Gasteiger partial charge in [-0.05, 0) is 30.7 Å². The summed E-state index contributed by atoms with van der Waals surface area (Å²) < 4.78 is 32.7. The highest BCUT2D eigenvalue weighted by Gasteiger charge is 2.23. The minimum absolute atomic E-state index is 0.149. The SMILES string of the molecule is CN=C(NCc1cc(F)ccc1F)NCC(c1ccc(C)cc1)N1CCOCC1. The predicted molar refractivity (Wildman–Crippen MR) is 111 cm³/mol. The Morgan fingerprint density at radius 3 is 2.52 bits per heavy atom. The molecule has 2 N–H and O–H groups in total. The topological polar surface area (TPSA) is 48.9 Å². The molecule has 7 heteroatoms. The van der Waals surface area contributed by atoms with E-state index in [2.05, 4.69) is 51.7 Å². The number of aliphatic imine (C=N–C) groups is 1. The lowest BCUT2D eigenvalue weighted by molar-refractivity contribution is 0.0170. The smallest absolute Gasteiger partial charge is 0.191 e. The van der Waals surface area contributed by atoms with Crippen LogP contribution in [0, 0.1) is 18.6 Å². The Hall–Kier alpha value is -2.51. The van der Waals surface area contributed by atoms with Crippen molar-refractivity contribution >= 4 is 5.96 Å². The van der Waals surface area contributed by atoms with E-state index in [9.17, 15) is 8.78 Å². The maximum absolute atomic E-state index is 13.8. The van der Waals surface area contributed by atoms with Crippen molar-refractivity contribution in [2.24, 2.45) is 4.99 Å². The highest BCUT2D eigenvalue weighted by atomic mass is 19.1. The average molecular weight is 402 g/mol. The first-order chi connectivity index (χ1) is 14.1. The second kappa shape index (κ2) is 10.3. The third-order valence-corrected chi connectivity index (χ3v) is 5.09. The van der Waals surface area contributed by atoms with E-state index in [1.165, 1.54) is 17.2 Å². The summed E-state index contributed by atoms with van der Waals surface area (Å²) in [6.45, 7) is 6.01. The van der Waals surface area contributed by atoms with Crippen molar-refractivity contribution in [3.8, 4) is 0 Å². The molecular formula is C22H28F2N4O. The van der Waals surface area contributed by atoms with Crippen LogP contribution in [-0.4, -0.2) is 50.8 Å². The Morgan fingerprint density at radius 1 is 1.10 bits per heavy atom. The molecule has 2 aromatic rings. The van der Waals surface area contributed by atoms with E-state index in [0.29, 0.717) is 25.7 Å². The lowest BCUT2D eigenvalue weighted by atomic mass is 10.0. The molecule has 0 spiro atoms. The molecular weight excluding hydrogens is 374 g/mol. The number of ether oxygens (including phenoxy) is 1. The van der Waals surface area contributed by atoms with Gasteiger partial charge in [-0.25, -0.2) is 8.78 Å². The third-order valence-electron chi connectivity index (χ3n) is 5.09. The number of nitrogens with zero attached hydrogens (tertiary/aromatic N) is 2. The Labute approximate surface area is 170 Å². The second-order valence-corrected chi connectivity index (χ2v) is 7.12. The van der Waals surface area contributed by atoms with Gasteiger partial charge in [0, 0.05) is 38.8 Å². The van der Waals surface area contributed by atoms with Gasteiger partial charge in [0.05, 0.1) is 19.3 Å². The molecule has 3 rings (SSSR count). The lowest BCUT2D eigenvalue weighted by Crippen LogP contribution is -2.46. The van der Waals surface area contributed by atoms with Gasteiger partial charge < -0.3 is 15.4 Å². The molecule has 0 amide bonds. The first-order valence-electron chi connectivity index (χ1n) is 9.83. The fraction of sp³-hybridized carbons (Fsp3) is 0.409. The number of hydrogen-bond acceptors (Lipinski definition) is 3. The summed E-state index contributed by atoms with van der Waals surface area (Å²) in [5.41, 5.74) is 2.70. The van der Waals surface area contributed by atoms with E-state index in [0.717, 1.165) is 25.2 Å². The van der Waals surface area contributed by atoms with E-state index in [1.54, 1.807) is 7.05 Å². The standard InChI is InChI=1S/C22H28F2N4O/c1-16-3-5-17(6-4-16)21(28-9-11-29-12-10-28)15-27-22(25-2)26-14-18-13-19(23)7-8-20(18)24/h3-8,13,21H,9-12,14-15H2,1-2H3,(H2,25,26,27). The zero-order valence-electron chi connectivity index (χ0n) is 16.9. The number of rotatable bonds is 6. The summed E-state index contributed by atoms with van der Waals surface area (Å²) >= 11 is 0. The van der Waals surface area contributed by atoms with Gasteiger partial charge >= 0.3 is 0 Å². The zero-order chi connectivity index (χ0) is 20.6. The zero-order valence-corrected chi connectivity index (χ0v) is 16.9. The number of aryl methyl sites for hydroxylation is 1. The fourth-order valence-electron chi connectivity index (χ4n) is 3.41. The number of morpholine rings is 1. The summed E-state index contributed by atoms with van der Waals surface area (Å²) in [5, 5.41) is 6.39. The molecule has 1 aliphatic rings. The van der Waals surface area contributed by atoms with Crippen LogP contribution in [0.15, 0.2) is 47.5 Å². The van der Waals surface area contributed by atoms with Crippen LogP contribution in [0.5, 0.6) is 0 Å². The molecule has 5 nitrogen and oxygen atoms in total. The average Bonchev–Trinajstić information content (AvgIpc) is 2.74. The van der Waals surface area contributed by atoms with Crippen LogP contribution < -0.4 is 10.6 Å². The normalized spacial score (nSPS) is 16.5. The minimum atomic E-state index is -0.460. The van der Waals surface area contributed by atoms with Crippen LogP contribution in [0.2, 0.25) is 0 Å². The lowest BCUT2D eigenvalue weighted by Gasteiger charge is -2.35. The molecule has 2 aromatic carbocycles. The Bertz CT molecular complexity index is 820. The number of benzene rings is 2. The molecule has 0 aromatic heterocycles. The third kappa shape index (κ3) is 5.98. The molecule has 0 bridgehead atoms. The van der Waals surface area contributed by atoms with Crippen LogP contribution in [0.25, 0.3) is 0 Å². The number of guanidine groups is 1. The number of halogens is 2. The highest BCUT2D eigenvalue weighted by molar-refractivity contribution is 5.79. The van der Waals surface area contributed by atoms with Crippen molar-refractivity contribution in [1.82, 2.24) is 15.5 Å². The van der Waals surface area contributed by atoms with E-state index in [4.69, 9.17) is 4.74 Å². The molecule has 1 heterocycles. The summed E-state index contributed by atoms with van der Waals surface area (Å²) in [6.07, 6.45) is 0. The minimum Gasteiger partial charge on any atom is -0.379 e. The van der Waals surface area contributed by atoms with Crippen molar-refractivity contribution in [3.05, 3.63) is 70.8 Å². The molecule has 0 saturated carbocycles. The van der Waals surface area contributed by atoms with E-state index >= 15 is 0 Å². The van der Waals surface area contributed by atoms with Crippen molar-refractivity contribution in [3.63, 3.8) is 0 Å². The van der Waals surface area contributed by atoms with Gasteiger partial charge in [0.2, 0.25) is 0 Å². The Kier molecular flexibility index (Phi) is 7.55. The second-order valence-electron chi connectivity index (χ2n) is 7.12. The van der Waals surface area contributed by atoms with E-state index < -0.39 is 11.6 Å². The molecule has 1 atom stereocenters. The number of nitrogens with one attached hydrogen (secondary N) is 2. The fourth-order valence-corrected chi connectivity index (χ4v) is 3.41. The summed E-state index contributed by atoms with van der Waals surface area (Å²) in [6, 6.07) is 12.1. The summed E-state index contributed by atoms with van der Waals surface area (Å²) in [5.74, 6) is -0.364. The van der Waals surface area contributed by atoms with Gasteiger partial charge in [-0.15, -0.1) is 0 Å². The maximum Gasteiger partial charge on any atom is 0.191 e. The first-order valence-corrected chi connectivity index (χ1v) is 9.83. The Balaban J connectivity index is 1.65. The van der Waals surface area contributed by atoms with Crippen LogP contribution in [0.1, 0.15) is 22.7 Å². The van der Waals surface area contributed by atoms with Crippen molar-refractivity contribution in [2.45, 2.75) is 19.5 Å². The molecule has 0 aliphatic carbocycles. The molecule has 156 valence electrons. The monoisotopic (exact) mass is 402 g/mol. The quantitative estimate of drug-likeness (QED) is 0.576. The van der Waals surface area contributed by atoms with E-state index in [1.807, 2.05) is 0 Å². The van der Waals surface area contributed by atoms with Crippen LogP contribution in [0.3, 0.4) is 0 Å². The van der Waals surface area contributed by atoms with Gasteiger partial charge in [0.1, 0.15) is 11.6 Å². The van der Waals surface area contributed by atoms with Crippen molar-refractivity contribution in [2.75, 3.05) is 39.9 Å². The van der Waals surface area contributed by atoms with Gasteiger partial charge in [0.15, 0.2) is 5.96 Å². The van der Waals surface area contributed by atoms with Gasteiger partial charge in [-0.3, -0.25) is 9.89 Å². The van der Waals surface area contributed by atoms with Crippen LogP contribution >= 0.6 is 0 Å². The highest BCUT2D eigenvalue weighted by Crippen LogP contribution is 2.21. The number of hydrogen-bond donors (Lipinski definition) is 2. The molecule has 1 saturated heterocycles. The van der Waals surface area contributed by atoms with Gasteiger partial charge in [-0.1, -0.05) is 29.8 Å².